The minimum Gasteiger partial charge on any atom is -0.497 e. The number of ether oxygens (including phenoxy) is 3. The summed E-state index contributed by atoms with van der Waals surface area (Å²) in [7, 11) is 3.18. The third-order valence-electron chi connectivity index (χ3n) is 4.34. The molecule has 0 N–H and O–H groups in total. The van der Waals surface area contributed by atoms with Gasteiger partial charge in [0.25, 0.3) is 5.91 Å². The van der Waals surface area contributed by atoms with Gasteiger partial charge in [0.05, 0.1) is 27.4 Å². The van der Waals surface area contributed by atoms with Gasteiger partial charge in [-0.05, 0) is 55.8 Å². The highest BCUT2D eigenvalue weighted by molar-refractivity contribution is 6.09. The van der Waals surface area contributed by atoms with Gasteiger partial charge in [0.15, 0.2) is 5.84 Å². The molecule has 1 aliphatic rings. The number of hydrogen-bond acceptors (Lipinski definition) is 6. The molecule has 0 fully saturated rings. The van der Waals surface area contributed by atoms with Gasteiger partial charge in [-0.1, -0.05) is 5.16 Å². The van der Waals surface area contributed by atoms with E-state index in [0.717, 1.165) is 16.9 Å². The molecule has 0 spiro atoms. The minimum absolute atomic E-state index is 0.166. The van der Waals surface area contributed by atoms with Crippen LogP contribution in [0.2, 0.25) is 0 Å². The molecule has 28 heavy (non-hydrogen) atoms. The first-order valence-electron chi connectivity index (χ1n) is 9.06. The number of nitrogens with zero attached hydrogens (tertiary/aromatic N) is 2. The summed E-state index contributed by atoms with van der Waals surface area (Å²) in [5, 5.41) is 4.19. The summed E-state index contributed by atoms with van der Waals surface area (Å²) in [5.41, 5.74) is 1.62. The minimum atomic E-state index is -0.654. The van der Waals surface area contributed by atoms with E-state index in [4.69, 9.17) is 19.0 Å². The van der Waals surface area contributed by atoms with Crippen LogP contribution in [0.5, 0.6) is 17.2 Å². The lowest BCUT2D eigenvalue weighted by Gasteiger charge is -2.30. The number of oxime groups is 1. The van der Waals surface area contributed by atoms with Crippen LogP contribution in [-0.4, -0.2) is 43.6 Å². The summed E-state index contributed by atoms with van der Waals surface area (Å²) in [5.74, 6) is 2.35. The molecule has 2 aromatic carbocycles. The number of amides is 1. The third kappa shape index (κ3) is 4.19. The predicted molar refractivity (Wildman–Crippen MR) is 105 cm³/mol. The molecule has 148 valence electrons. The molecular weight excluding hydrogens is 360 g/mol. The first-order valence-corrected chi connectivity index (χ1v) is 9.06. The average Bonchev–Trinajstić information content (AvgIpc) is 2.72. The fourth-order valence-electron chi connectivity index (χ4n) is 2.92. The Morgan fingerprint density at radius 2 is 1.68 bits per heavy atom. The molecule has 0 saturated carbocycles. The van der Waals surface area contributed by atoms with Crippen LogP contribution in [-0.2, 0) is 16.2 Å². The molecule has 1 unspecified atom stereocenters. The average molecular weight is 384 g/mol. The van der Waals surface area contributed by atoms with E-state index in [1.54, 1.807) is 32.1 Å². The molecule has 1 atom stereocenters. The van der Waals surface area contributed by atoms with E-state index in [1.165, 1.54) is 0 Å². The van der Waals surface area contributed by atoms with Gasteiger partial charge in [-0.3, -0.25) is 9.69 Å². The Morgan fingerprint density at radius 3 is 2.25 bits per heavy atom. The van der Waals surface area contributed by atoms with Crippen molar-refractivity contribution in [2.24, 2.45) is 5.16 Å². The molecule has 0 aliphatic carbocycles. The Kier molecular flexibility index (Phi) is 6.03. The van der Waals surface area contributed by atoms with Crippen molar-refractivity contribution >= 4 is 11.7 Å². The Balaban J connectivity index is 1.93. The number of carbonyl (C=O) groups is 1. The van der Waals surface area contributed by atoms with Gasteiger partial charge >= 0.3 is 0 Å². The van der Waals surface area contributed by atoms with Gasteiger partial charge in [0.1, 0.15) is 17.2 Å². The van der Waals surface area contributed by atoms with Gasteiger partial charge in [0.2, 0.25) is 6.10 Å². The molecule has 0 radical (unpaired) electrons. The largest absolute Gasteiger partial charge is 0.497 e. The van der Waals surface area contributed by atoms with Gasteiger partial charge in [-0.25, -0.2) is 0 Å². The van der Waals surface area contributed by atoms with Crippen LogP contribution < -0.4 is 14.2 Å². The zero-order valence-electron chi connectivity index (χ0n) is 16.5. The Morgan fingerprint density at radius 1 is 1.04 bits per heavy atom. The second-order valence-electron chi connectivity index (χ2n) is 6.27. The van der Waals surface area contributed by atoms with Crippen molar-refractivity contribution in [1.82, 2.24) is 4.90 Å². The fraction of sp³-hybridized carbons (Fsp3) is 0.333. The lowest BCUT2D eigenvalue weighted by atomic mass is 10.1. The number of carbonyl (C=O) groups excluding carboxylic acids is 1. The second-order valence-corrected chi connectivity index (χ2v) is 6.27. The topological polar surface area (TPSA) is 69.6 Å². The lowest BCUT2D eigenvalue weighted by molar-refractivity contribution is -0.142. The van der Waals surface area contributed by atoms with E-state index in [9.17, 15) is 4.79 Å². The Hall–Kier alpha value is -3.22. The van der Waals surface area contributed by atoms with Crippen molar-refractivity contribution in [3.8, 4) is 17.2 Å². The SMILES string of the molecule is CCOc1ccc(C2=NOC(C)C(=O)N2Cc2cc(OC)cc(OC)c2)cc1. The van der Waals surface area contributed by atoms with Gasteiger partial charge in [0, 0.05) is 11.6 Å². The lowest BCUT2D eigenvalue weighted by Crippen LogP contribution is -2.46. The number of amidine groups is 1. The second kappa shape index (κ2) is 8.65. The van der Waals surface area contributed by atoms with Crippen LogP contribution in [0.1, 0.15) is 25.0 Å². The molecule has 0 bridgehead atoms. The zero-order valence-corrected chi connectivity index (χ0v) is 16.5. The number of methoxy groups -OCH3 is 2. The molecule has 1 aliphatic heterocycles. The number of hydrogen-bond donors (Lipinski definition) is 0. The van der Waals surface area contributed by atoms with E-state index < -0.39 is 6.10 Å². The summed E-state index contributed by atoms with van der Waals surface area (Å²) < 4.78 is 16.1. The zero-order chi connectivity index (χ0) is 20.1. The Bertz CT molecular complexity index is 841. The van der Waals surface area contributed by atoms with Crippen LogP contribution in [0.15, 0.2) is 47.6 Å². The third-order valence-corrected chi connectivity index (χ3v) is 4.34. The van der Waals surface area contributed by atoms with Gasteiger partial charge in [-0.15, -0.1) is 0 Å². The van der Waals surface area contributed by atoms with E-state index >= 15 is 0 Å². The first-order chi connectivity index (χ1) is 13.5. The normalized spacial score (nSPS) is 16.3. The van der Waals surface area contributed by atoms with Crippen LogP contribution >= 0.6 is 0 Å². The smallest absolute Gasteiger partial charge is 0.272 e. The summed E-state index contributed by atoms with van der Waals surface area (Å²) in [6.45, 7) is 4.51. The standard InChI is InChI=1S/C21H24N2O5/c1-5-27-17-8-6-16(7-9-17)20-22-28-14(2)21(24)23(20)13-15-10-18(25-3)12-19(11-15)26-4/h6-12,14H,5,13H2,1-4H3. The maximum absolute atomic E-state index is 12.8. The van der Waals surface area contributed by atoms with Crippen molar-refractivity contribution in [3.05, 3.63) is 53.6 Å². The molecule has 0 aromatic heterocycles. The predicted octanol–water partition coefficient (Wildman–Crippen LogP) is 3.21. The van der Waals surface area contributed by atoms with Crippen LogP contribution in [0.4, 0.5) is 0 Å². The fourth-order valence-corrected chi connectivity index (χ4v) is 2.92. The van der Waals surface area contributed by atoms with Gasteiger partial charge < -0.3 is 19.0 Å². The van der Waals surface area contributed by atoms with E-state index in [-0.39, 0.29) is 5.91 Å². The summed E-state index contributed by atoms with van der Waals surface area (Å²) >= 11 is 0. The van der Waals surface area contributed by atoms with Crippen molar-refractivity contribution in [3.63, 3.8) is 0 Å². The monoisotopic (exact) mass is 384 g/mol. The van der Waals surface area contributed by atoms with E-state index in [0.29, 0.717) is 30.5 Å². The van der Waals surface area contributed by atoms with Crippen LogP contribution in [0.3, 0.4) is 0 Å². The molecule has 3 rings (SSSR count). The molecule has 7 nitrogen and oxygen atoms in total. The molecular formula is C21H24N2O5. The first kappa shape index (κ1) is 19.5. The maximum Gasteiger partial charge on any atom is 0.272 e. The van der Waals surface area contributed by atoms with Gasteiger partial charge in [-0.2, -0.15) is 0 Å². The molecule has 2 aromatic rings. The van der Waals surface area contributed by atoms with Crippen LogP contribution in [0, 0.1) is 0 Å². The van der Waals surface area contributed by atoms with Crippen molar-refractivity contribution in [2.75, 3.05) is 20.8 Å². The summed E-state index contributed by atoms with van der Waals surface area (Å²) in [6.07, 6.45) is -0.654. The molecule has 0 saturated heterocycles. The van der Waals surface area contributed by atoms with E-state index in [1.807, 2.05) is 43.3 Å². The molecule has 1 amide bonds. The maximum atomic E-state index is 12.8. The summed E-state index contributed by atoms with van der Waals surface area (Å²) in [4.78, 5) is 19.7. The van der Waals surface area contributed by atoms with Crippen molar-refractivity contribution < 1.29 is 23.8 Å². The summed E-state index contributed by atoms with van der Waals surface area (Å²) in [6, 6.07) is 12.9. The highest BCUT2D eigenvalue weighted by Crippen LogP contribution is 2.26. The molecule has 1 heterocycles. The van der Waals surface area contributed by atoms with E-state index in [2.05, 4.69) is 5.16 Å². The number of benzene rings is 2. The van der Waals surface area contributed by atoms with Crippen LogP contribution in [0.25, 0.3) is 0 Å². The Labute approximate surface area is 164 Å². The number of rotatable bonds is 7. The van der Waals surface area contributed by atoms with Crippen molar-refractivity contribution in [2.45, 2.75) is 26.5 Å². The quantitative estimate of drug-likeness (QED) is 0.733. The molecule has 7 heteroatoms. The highest BCUT2D eigenvalue weighted by Gasteiger charge is 2.32. The van der Waals surface area contributed by atoms with Crippen molar-refractivity contribution in [1.29, 1.82) is 0 Å². The highest BCUT2D eigenvalue weighted by atomic mass is 16.6.